The van der Waals surface area contributed by atoms with Gasteiger partial charge >= 0.3 is 6.03 Å². The fourth-order valence-electron chi connectivity index (χ4n) is 4.39. The molecule has 2 aliphatic heterocycles. The number of ether oxygens (including phenoxy) is 1. The first-order chi connectivity index (χ1) is 14.8. The van der Waals surface area contributed by atoms with Gasteiger partial charge < -0.3 is 15.0 Å². The molecule has 0 spiro atoms. The summed E-state index contributed by atoms with van der Waals surface area (Å²) in [7, 11) is 0. The predicted octanol–water partition coefficient (Wildman–Crippen LogP) is 4.26. The number of anilines is 1. The van der Waals surface area contributed by atoms with Gasteiger partial charge in [-0.2, -0.15) is 0 Å². The maximum atomic E-state index is 12.6. The minimum Gasteiger partial charge on any atom is -0.494 e. The van der Waals surface area contributed by atoms with Crippen LogP contribution in [0.1, 0.15) is 36.8 Å². The van der Waals surface area contributed by atoms with E-state index in [2.05, 4.69) is 28.4 Å². The van der Waals surface area contributed by atoms with Gasteiger partial charge in [0.2, 0.25) is 0 Å². The van der Waals surface area contributed by atoms with E-state index in [0.717, 1.165) is 50.4 Å². The van der Waals surface area contributed by atoms with Gasteiger partial charge in [-0.05, 0) is 74.5 Å². The Kier molecular flexibility index (Phi) is 7.25. The molecule has 0 radical (unpaired) electrons. The third-order valence-corrected chi connectivity index (χ3v) is 6.06. The molecule has 2 aromatic carbocycles. The number of hydrogen-bond acceptors (Lipinski definition) is 3. The number of carbonyl (C=O) groups is 1. The zero-order chi connectivity index (χ0) is 20.6. The molecule has 2 aliphatic rings. The normalized spacial score (nSPS) is 16.3. The number of benzene rings is 2. The molecule has 1 saturated heterocycles. The highest BCUT2D eigenvalue weighted by Gasteiger charge is 2.24. The first-order valence-corrected chi connectivity index (χ1v) is 11.4. The number of rotatable bonds is 8. The Morgan fingerprint density at radius 3 is 2.67 bits per heavy atom. The Morgan fingerprint density at radius 2 is 1.83 bits per heavy atom. The van der Waals surface area contributed by atoms with Crippen LogP contribution in [0.25, 0.3) is 0 Å². The maximum Gasteiger partial charge on any atom is 0.321 e. The van der Waals surface area contributed by atoms with Crippen molar-refractivity contribution in [2.75, 3.05) is 44.2 Å². The standard InChI is InChI=1S/C25H33N3O2/c29-25(26-14-12-21-8-3-1-4-9-21)28-18-13-22-20-23(10-11-24(22)28)30-19-7-17-27-15-5-2-6-16-27/h1,3-4,8-11,20H,2,5-7,12-19H2,(H,26,29). The molecule has 0 bridgehead atoms. The highest BCUT2D eigenvalue weighted by Crippen LogP contribution is 2.31. The van der Waals surface area contributed by atoms with Crippen molar-refractivity contribution in [1.82, 2.24) is 10.2 Å². The second-order valence-electron chi connectivity index (χ2n) is 8.26. The molecule has 2 amide bonds. The van der Waals surface area contributed by atoms with E-state index in [4.69, 9.17) is 4.74 Å². The van der Waals surface area contributed by atoms with Crippen LogP contribution in [-0.4, -0.2) is 50.3 Å². The Bertz CT molecular complexity index is 818. The van der Waals surface area contributed by atoms with Gasteiger partial charge in [0.1, 0.15) is 5.75 Å². The fourth-order valence-corrected chi connectivity index (χ4v) is 4.39. The van der Waals surface area contributed by atoms with Crippen molar-refractivity contribution in [3.63, 3.8) is 0 Å². The largest absolute Gasteiger partial charge is 0.494 e. The lowest BCUT2D eigenvalue weighted by atomic mass is 10.1. The molecule has 0 unspecified atom stereocenters. The Labute approximate surface area is 180 Å². The number of piperidine rings is 1. The number of likely N-dealkylation sites (tertiary alicyclic amines) is 1. The van der Waals surface area contributed by atoms with E-state index in [1.54, 1.807) is 0 Å². The lowest BCUT2D eigenvalue weighted by molar-refractivity contribution is 0.205. The number of urea groups is 1. The quantitative estimate of drug-likeness (QED) is 0.665. The van der Waals surface area contributed by atoms with Crippen molar-refractivity contribution in [2.24, 2.45) is 0 Å². The molecular weight excluding hydrogens is 374 g/mol. The summed E-state index contributed by atoms with van der Waals surface area (Å²) in [4.78, 5) is 17.0. The van der Waals surface area contributed by atoms with Gasteiger partial charge in [0.05, 0.1) is 6.61 Å². The Hall–Kier alpha value is -2.53. The summed E-state index contributed by atoms with van der Waals surface area (Å²) in [5.41, 5.74) is 3.44. The zero-order valence-corrected chi connectivity index (χ0v) is 17.8. The van der Waals surface area contributed by atoms with Crippen LogP contribution in [0.15, 0.2) is 48.5 Å². The maximum absolute atomic E-state index is 12.6. The SMILES string of the molecule is O=C(NCCc1ccccc1)N1CCc2cc(OCCCN3CCCCC3)ccc21. The lowest BCUT2D eigenvalue weighted by Gasteiger charge is -2.26. The van der Waals surface area contributed by atoms with E-state index in [9.17, 15) is 4.79 Å². The average Bonchev–Trinajstić information content (AvgIpc) is 3.21. The molecule has 0 aliphatic carbocycles. The summed E-state index contributed by atoms with van der Waals surface area (Å²) < 4.78 is 5.99. The van der Waals surface area contributed by atoms with Gasteiger partial charge in [-0.25, -0.2) is 4.79 Å². The second kappa shape index (κ2) is 10.5. The summed E-state index contributed by atoms with van der Waals surface area (Å²) in [6.45, 7) is 5.73. The molecule has 0 atom stereocenters. The topological polar surface area (TPSA) is 44.8 Å². The van der Waals surface area contributed by atoms with Crippen molar-refractivity contribution in [1.29, 1.82) is 0 Å². The molecule has 160 valence electrons. The molecule has 0 aromatic heterocycles. The minimum atomic E-state index is -0.0140. The summed E-state index contributed by atoms with van der Waals surface area (Å²) >= 11 is 0. The monoisotopic (exact) mass is 407 g/mol. The van der Waals surface area contributed by atoms with Gasteiger partial charge in [-0.3, -0.25) is 4.90 Å². The molecular formula is C25H33N3O2. The molecule has 5 heteroatoms. The Balaban J connectivity index is 1.22. The highest BCUT2D eigenvalue weighted by molar-refractivity contribution is 5.94. The van der Waals surface area contributed by atoms with Crippen molar-refractivity contribution in [3.8, 4) is 5.75 Å². The number of amides is 2. The van der Waals surface area contributed by atoms with Crippen molar-refractivity contribution in [3.05, 3.63) is 59.7 Å². The van der Waals surface area contributed by atoms with Crippen molar-refractivity contribution < 1.29 is 9.53 Å². The van der Waals surface area contributed by atoms with Crippen molar-refractivity contribution in [2.45, 2.75) is 38.5 Å². The average molecular weight is 408 g/mol. The lowest BCUT2D eigenvalue weighted by Crippen LogP contribution is -2.39. The van der Waals surface area contributed by atoms with E-state index < -0.39 is 0 Å². The summed E-state index contributed by atoms with van der Waals surface area (Å²) in [6.07, 6.45) is 6.84. The Morgan fingerprint density at radius 1 is 1.00 bits per heavy atom. The first-order valence-electron chi connectivity index (χ1n) is 11.4. The highest BCUT2D eigenvalue weighted by atomic mass is 16.5. The minimum absolute atomic E-state index is 0.0140. The third kappa shape index (κ3) is 5.54. The van der Waals surface area contributed by atoms with Gasteiger partial charge in [-0.1, -0.05) is 36.8 Å². The van der Waals surface area contributed by atoms with Crippen LogP contribution in [0.2, 0.25) is 0 Å². The van der Waals surface area contributed by atoms with E-state index in [1.807, 2.05) is 35.2 Å². The van der Waals surface area contributed by atoms with Gasteiger partial charge in [0.25, 0.3) is 0 Å². The molecule has 30 heavy (non-hydrogen) atoms. The number of nitrogens with one attached hydrogen (secondary N) is 1. The van der Waals surface area contributed by atoms with Crippen molar-refractivity contribution >= 4 is 11.7 Å². The predicted molar refractivity (Wildman–Crippen MR) is 121 cm³/mol. The number of carbonyl (C=O) groups excluding carboxylic acids is 1. The van der Waals surface area contributed by atoms with Crippen LogP contribution in [-0.2, 0) is 12.8 Å². The molecule has 2 aromatic rings. The smallest absolute Gasteiger partial charge is 0.321 e. The molecule has 4 rings (SSSR count). The van der Waals surface area contributed by atoms with Crippen LogP contribution in [0.5, 0.6) is 5.75 Å². The van der Waals surface area contributed by atoms with Gasteiger partial charge in [0.15, 0.2) is 0 Å². The molecule has 1 N–H and O–H groups in total. The van der Waals surface area contributed by atoms with Crippen LogP contribution in [0.4, 0.5) is 10.5 Å². The fraction of sp³-hybridized carbons (Fsp3) is 0.480. The molecule has 2 heterocycles. The summed E-state index contributed by atoms with van der Waals surface area (Å²) in [5.74, 6) is 0.915. The van der Waals surface area contributed by atoms with Crippen LogP contribution in [0, 0.1) is 0 Å². The van der Waals surface area contributed by atoms with E-state index in [-0.39, 0.29) is 6.03 Å². The molecule has 5 nitrogen and oxygen atoms in total. The summed E-state index contributed by atoms with van der Waals surface area (Å²) in [6, 6.07) is 16.4. The summed E-state index contributed by atoms with van der Waals surface area (Å²) in [5, 5.41) is 3.05. The number of nitrogens with zero attached hydrogens (tertiary/aromatic N) is 2. The zero-order valence-electron chi connectivity index (χ0n) is 17.8. The molecule has 0 saturated carbocycles. The van der Waals surface area contributed by atoms with Crippen LogP contribution in [0.3, 0.4) is 0 Å². The second-order valence-corrected chi connectivity index (χ2v) is 8.26. The van der Waals surface area contributed by atoms with Gasteiger partial charge in [-0.15, -0.1) is 0 Å². The van der Waals surface area contributed by atoms with E-state index in [1.165, 1.54) is 43.5 Å². The third-order valence-electron chi connectivity index (χ3n) is 6.06. The first kappa shape index (κ1) is 20.7. The molecule has 1 fully saturated rings. The van der Waals surface area contributed by atoms with Gasteiger partial charge in [0, 0.05) is 25.3 Å². The van der Waals surface area contributed by atoms with Crippen LogP contribution >= 0.6 is 0 Å². The number of fused-ring (bicyclic) bond motifs is 1. The number of hydrogen-bond donors (Lipinski definition) is 1. The van der Waals surface area contributed by atoms with E-state index in [0.29, 0.717) is 6.54 Å². The van der Waals surface area contributed by atoms with Crippen LogP contribution < -0.4 is 15.0 Å². The van der Waals surface area contributed by atoms with E-state index >= 15 is 0 Å².